The van der Waals surface area contributed by atoms with Crippen molar-refractivity contribution in [3.05, 3.63) is 124 Å². The minimum atomic E-state index is -0.0589. The third kappa shape index (κ3) is 5.51. The number of anilines is 2. The fraction of sp³-hybridized carbons (Fsp3) is 0.182. The van der Waals surface area contributed by atoms with Crippen molar-refractivity contribution in [2.45, 2.75) is 18.4 Å². The lowest BCUT2D eigenvalue weighted by Gasteiger charge is -2.36. The van der Waals surface area contributed by atoms with Crippen LogP contribution in [0.5, 0.6) is 0 Å². The van der Waals surface area contributed by atoms with Gasteiger partial charge in [-0.3, -0.25) is 9.59 Å². The zero-order chi connectivity index (χ0) is 27.5. The lowest BCUT2D eigenvalue weighted by molar-refractivity contribution is -0.114. The molecule has 0 aliphatic carbocycles. The predicted octanol–water partition coefficient (Wildman–Crippen LogP) is 6.03. The van der Waals surface area contributed by atoms with Crippen molar-refractivity contribution in [1.82, 2.24) is 9.88 Å². The molecule has 6 rings (SSSR count). The van der Waals surface area contributed by atoms with Gasteiger partial charge in [-0.1, -0.05) is 78.0 Å². The average Bonchev–Trinajstić information content (AvgIpc) is 3.00. The number of hydrogen-bond donors (Lipinski definition) is 0. The Morgan fingerprint density at radius 1 is 0.900 bits per heavy atom. The fourth-order valence-corrected chi connectivity index (χ4v) is 6.20. The molecule has 40 heavy (non-hydrogen) atoms. The van der Waals surface area contributed by atoms with E-state index in [9.17, 15) is 9.59 Å². The molecule has 1 aromatic heterocycles. The van der Waals surface area contributed by atoms with Crippen molar-refractivity contribution < 1.29 is 9.59 Å². The Morgan fingerprint density at radius 2 is 1.70 bits per heavy atom. The molecule has 0 spiro atoms. The van der Waals surface area contributed by atoms with Crippen molar-refractivity contribution in [2.24, 2.45) is 0 Å². The van der Waals surface area contributed by atoms with Gasteiger partial charge < -0.3 is 14.7 Å². The second-order valence-electron chi connectivity index (χ2n) is 10.1. The fourth-order valence-electron chi connectivity index (χ4n) is 5.16. The van der Waals surface area contributed by atoms with Gasteiger partial charge in [0.1, 0.15) is 5.82 Å². The van der Waals surface area contributed by atoms with E-state index in [0.29, 0.717) is 30.1 Å². The molecule has 1 fully saturated rings. The van der Waals surface area contributed by atoms with E-state index in [1.807, 2.05) is 94.7 Å². The van der Waals surface area contributed by atoms with E-state index in [2.05, 4.69) is 28.9 Å². The predicted molar refractivity (Wildman–Crippen MR) is 161 cm³/mol. The first-order valence-electron chi connectivity index (χ1n) is 13.5. The number of carbonyl (C=O) groups excluding carboxylic acids is 2. The lowest BCUT2D eigenvalue weighted by atomic mass is 10.1. The minimum Gasteiger partial charge on any atom is -0.353 e. The zero-order valence-electron chi connectivity index (χ0n) is 22.4. The number of aromatic nitrogens is 1. The maximum atomic E-state index is 13.9. The van der Waals surface area contributed by atoms with Gasteiger partial charge in [0, 0.05) is 42.8 Å². The number of fused-ring (bicyclic) bond motifs is 1. The van der Waals surface area contributed by atoms with E-state index < -0.39 is 0 Å². The summed E-state index contributed by atoms with van der Waals surface area (Å²) in [6.45, 7) is 5.19. The van der Waals surface area contributed by atoms with Gasteiger partial charge in [-0.2, -0.15) is 0 Å². The molecule has 2 amide bonds. The number of nitrogens with zero attached hydrogens (tertiary/aromatic N) is 4. The van der Waals surface area contributed by atoms with E-state index in [4.69, 9.17) is 0 Å². The Morgan fingerprint density at radius 3 is 2.45 bits per heavy atom. The molecule has 0 N–H and O–H groups in total. The minimum absolute atomic E-state index is 0.0120. The molecule has 0 bridgehead atoms. The molecule has 200 valence electrons. The van der Waals surface area contributed by atoms with E-state index in [1.165, 1.54) is 11.8 Å². The molecular weight excluding hydrogens is 516 g/mol. The molecule has 2 aliphatic rings. The molecule has 1 saturated heterocycles. The highest BCUT2D eigenvalue weighted by Crippen LogP contribution is 2.43. The van der Waals surface area contributed by atoms with E-state index in [-0.39, 0.29) is 11.8 Å². The molecule has 2 aliphatic heterocycles. The van der Waals surface area contributed by atoms with Crippen LogP contribution in [0.3, 0.4) is 0 Å². The summed E-state index contributed by atoms with van der Waals surface area (Å²) in [6.07, 6.45) is 3.74. The number of rotatable bonds is 5. The lowest BCUT2D eigenvalue weighted by Crippen LogP contribution is -2.49. The molecule has 6 nitrogen and oxygen atoms in total. The average molecular weight is 547 g/mol. The quantitative estimate of drug-likeness (QED) is 0.286. The zero-order valence-corrected chi connectivity index (χ0v) is 23.2. The summed E-state index contributed by atoms with van der Waals surface area (Å²) in [6, 6.07) is 29.8. The van der Waals surface area contributed by atoms with Crippen molar-refractivity contribution in [2.75, 3.05) is 36.0 Å². The Kier molecular flexibility index (Phi) is 7.38. The topological polar surface area (TPSA) is 56.8 Å². The molecule has 0 atom stereocenters. The van der Waals surface area contributed by atoms with Crippen LogP contribution >= 0.6 is 11.8 Å². The van der Waals surface area contributed by atoms with Crippen LogP contribution in [0.15, 0.2) is 107 Å². The number of hydrogen-bond acceptors (Lipinski definition) is 5. The van der Waals surface area contributed by atoms with Crippen molar-refractivity contribution in [1.29, 1.82) is 0 Å². The van der Waals surface area contributed by atoms with Gasteiger partial charge in [0.2, 0.25) is 0 Å². The first kappa shape index (κ1) is 25.9. The Balaban J connectivity index is 1.28. The molecule has 7 heteroatoms. The summed E-state index contributed by atoms with van der Waals surface area (Å²) in [4.78, 5) is 39.4. The molecule has 0 saturated carbocycles. The highest BCUT2D eigenvalue weighted by atomic mass is 32.2. The summed E-state index contributed by atoms with van der Waals surface area (Å²) < 4.78 is 0. The summed E-state index contributed by atoms with van der Waals surface area (Å²) >= 11 is 1.46. The van der Waals surface area contributed by atoms with Gasteiger partial charge >= 0.3 is 0 Å². The third-order valence-electron chi connectivity index (χ3n) is 7.23. The highest BCUT2D eigenvalue weighted by molar-refractivity contribution is 8.04. The van der Waals surface area contributed by atoms with Crippen LogP contribution in [0.4, 0.5) is 11.5 Å². The molecule has 4 aromatic rings. The SMILES string of the molecule is Cc1cccc(CN2C(=O)/C(=C/c3ccccc3)Sc3ccc(C(=O)N4CCN(c5ccccn5)CC4)cc32)c1. The van der Waals surface area contributed by atoms with Crippen LogP contribution in [0, 0.1) is 6.92 Å². The van der Waals surface area contributed by atoms with Crippen molar-refractivity contribution in [3.8, 4) is 0 Å². The van der Waals surface area contributed by atoms with Crippen LogP contribution in [-0.4, -0.2) is 47.9 Å². The van der Waals surface area contributed by atoms with Gasteiger partial charge in [0.05, 0.1) is 17.1 Å². The number of thioether (sulfide) groups is 1. The second-order valence-corrected chi connectivity index (χ2v) is 11.1. The van der Waals surface area contributed by atoms with Gasteiger partial charge in [0.25, 0.3) is 11.8 Å². The number of pyridine rings is 1. The maximum absolute atomic E-state index is 13.9. The summed E-state index contributed by atoms with van der Waals surface area (Å²) in [7, 11) is 0. The molecule has 0 unspecified atom stereocenters. The number of amides is 2. The van der Waals surface area contributed by atoms with E-state index in [1.54, 1.807) is 6.20 Å². The normalized spacial score (nSPS) is 16.3. The Bertz CT molecular complexity index is 1560. The van der Waals surface area contributed by atoms with Crippen LogP contribution in [-0.2, 0) is 11.3 Å². The Labute approximate surface area is 238 Å². The Hall–Kier alpha value is -4.36. The standard InChI is InChI=1S/C33H30N4O2S/c1-24-8-7-11-26(20-24)23-37-28-22-27(32(38)36-18-16-35(17-19-36)31-12-5-6-15-34-31)13-14-29(28)40-30(33(37)39)21-25-9-3-2-4-10-25/h2-15,20-22H,16-19,23H2,1H3/b30-21-. The summed E-state index contributed by atoms with van der Waals surface area (Å²) in [5.41, 5.74) is 4.55. The van der Waals surface area contributed by atoms with Crippen LogP contribution < -0.4 is 9.80 Å². The first-order valence-corrected chi connectivity index (χ1v) is 14.3. The van der Waals surface area contributed by atoms with Gasteiger partial charge in [-0.05, 0) is 54.5 Å². The van der Waals surface area contributed by atoms with Crippen LogP contribution in [0.2, 0.25) is 0 Å². The number of benzene rings is 3. The van der Waals surface area contributed by atoms with Gasteiger partial charge in [-0.25, -0.2) is 4.98 Å². The third-order valence-corrected chi connectivity index (χ3v) is 8.31. The summed E-state index contributed by atoms with van der Waals surface area (Å²) in [5.74, 6) is 0.864. The van der Waals surface area contributed by atoms with Crippen LogP contribution in [0.1, 0.15) is 27.0 Å². The molecule has 3 heterocycles. The number of aryl methyl sites for hydroxylation is 1. The number of carbonyl (C=O) groups is 2. The molecular formula is C33H30N4O2S. The van der Waals surface area contributed by atoms with Crippen molar-refractivity contribution in [3.63, 3.8) is 0 Å². The largest absolute Gasteiger partial charge is 0.353 e. The van der Waals surface area contributed by atoms with E-state index >= 15 is 0 Å². The first-order chi connectivity index (χ1) is 19.5. The molecule has 0 radical (unpaired) electrons. The maximum Gasteiger partial charge on any atom is 0.265 e. The number of piperazine rings is 1. The summed E-state index contributed by atoms with van der Waals surface area (Å²) in [5, 5.41) is 0. The van der Waals surface area contributed by atoms with E-state index in [0.717, 1.165) is 46.2 Å². The highest BCUT2D eigenvalue weighted by Gasteiger charge is 2.31. The second kappa shape index (κ2) is 11.4. The van der Waals surface area contributed by atoms with Crippen LogP contribution in [0.25, 0.3) is 6.08 Å². The smallest absolute Gasteiger partial charge is 0.265 e. The van der Waals surface area contributed by atoms with Gasteiger partial charge in [-0.15, -0.1) is 0 Å². The van der Waals surface area contributed by atoms with Gasteiger partial charge in [0.15, 0.2) is 0 Å². The monoisotopic (exact) mass is 546 g/mol. The van der Waals surface area contributed by atoms with Crippen molar-refractivity contribution >= 4 is 41.2 Å². The molecule has 3 aromatic carbocycles.